The van der Waals surface area contributed by atoms with Crippen LogP contribution in [0.5, 0.6) is 5.75 Å². The summed E-state index contributed by atoms with van der Waals surface area (Å²) in [5.74, 6) is 0.341. The number of aromatic nitrogens is 1. The van der Waals surface area contributed by atoms with Gasteiger partial charge in [-0.2, -0.15) is 0 Å². The SMILES string of the molecule is Cc1cc(NC(=O)[C@@H](OC(=O)C2=Cc3ccccc3OC2)c2ccccc2)no1. The molecule has 2 heterocycles. The molecule has 3 aromatic rings. The number of aryl methyl sites for hydroxylation is 1. The average Bonchev–Trinajstić information content (AvgIpc) is 3.16. The number of esters is 1. The number of nitrogens with zero attached hydrogens (tertiary/aromatic N) is 1. The van der Waals surface area contributed by atoms with Gasteiger partial charge in [-0.15, -0.1) is 0 Å². The minimum Gasteiger partial charge on any atom is -0.488 e. The molecule has 0 saturated heterocycles. The van der Waals surface area contributed by atoms with Crippen LogP contribution in [0.2, 0.25) is 0 Å². The molecule has 1 aliphatic rings. The molecule has 1 aromatic heterocycles. The summed E-state index contributed by atoms with van der Waals surface area (Å²) in [6, 6.07) is 17.7. The number of carbonyl (C=O) groups is 2. The number of hydrogen-bond acceptors (Lipinski definition) is 6. The first kappa shape index (κ1) is 18.5. The molecule has 2 aromatic carbocycles. The summed E-state index contributed by atoms with van der Waals surface area (Å²) in [6.07, 6.45) is 0.557. The number of fused-ring (bicyclic) bond motifs is 1. The molecule has 7 nitrogen and oxygen atoms in total. The van der Waals surface area contributed by atoms with Gasteiger partial charge < -0.3 is 19.3 Å². The largest absolute Gasteiger partial charge is 0.488 e. The van der Waals surface area contributed by atoms with Crippen molar-refractivity contribution in [3.63, 3.8) is 0 Å². The maximum Gasteiger partial charge on any atom is 0.338 e. The molecule has 1 amide bonds. The van der Waals surface area contributed by atoms with E-state index in [0.29, 0.717) is 22.6 Å². The standard InChI is InChI=1S/C22H18N2O5/c1-14-11-19(24-29-14)23-21(25)20(15-7-3-2-4-8-15)28-22(26)17-12-16-9-5-6-10-18(16)27-13-17/h2-12,20H,13H2,1H3,(H,23,24,25)/t20-/m0/s1. The third-order valence-electron chi connectivity index (χ3n) is 4.34. The number of benzene rings is 2. The zero-order chi connectivity index (χ0) is 20.2. The highest BCUT2D eigenvalue weighted by Gasteiger charge is 2.28. The Morgan fingerprint density at radius 3 is 2.62 bits per heavy atom. The third-order valence-corrected chi connectivity index (χ3v) is 4.34. The first-order valence-corrected chi connectivity index (χ1v) is 9.02. The van der Waals surface area contributed by atoms with Crippen LogP contribution in [0.25, 0.3) is 6.08 Å². The summed E-state index contributed by atoms with van der Waals surface area (Å²) < 4.78 is 16.1. The van der Waals surface area contributed by atoms with Crippen molar-refractivity contribution in [2.24, 2.45) is 0 Å². The van der Waals surface area contributed by atoms with Crippen LogP contribution in [0.15, 0.2) is 70.8 Å². The highest BCUT2D eigenvalue weighted by molar-refractivity contribution is 5.99. The lowest BCUT2D eigenvalue weighted by Crippen LogP contribution is -2.28. The highest BCUT2D eigenvalue weighted by atomic mass is 16.6. The number of para-hydroxylation sites is 1. The first-order valence-electron chi connectivity index (χ1n) is 9.02. The minimum atomic E-state index is -1.15. The second-order valence-corrected chi connectivity index (χ2v) is 6.50. The van der Waals surface area contributed by atoms with E-state index in [1.807, 2.05) is 30.3 Å². The van der Waals surface area contributed by atoms with Crippen molar-refractivity contribution in [3.05, 3.63) is 83.1 Å². The van der Waals surface area contributed by atoms with E-state index in [1.54, 1.807) is 43.3 Å². The zero-order valence-corrected chi connectivity index (χ0v) is 15.6. The lowest BCUT2D eigenvalue weighted by atomic mass is 10.1. The van der Waals surface area contributed by atoms with E-state index in [9.17, 15) is 9.59 Å². The van der Waals surface area contributed by atoms with Gasteiger partial charge >= 0.3 is 5.97 Å². The van der Waals surface area contributed by atoms with Crippen molar-refractivity contribution in [1.82, 2.24) is 5.16 Å². The quantitative estimate of drug-likeness (QED) is 0.669. The monoisotopic (exact) mass is 390 g/mol. The minimum absolute atomic E-state index is 0.0709. The zero-order valence-electron chi connectivity index (χ0n) is 15.6. The molecule has 1 N–H and O–H groups in total. The predicted molar refractivity (Wildman–Crippen MR) is 105 cm³/mol. The average molecular weight is 390 g/mol. The molecule has 0 aliphatic carbocycles. The number of carbonyl (C=O) groups excluding carboxylic acids is 2. The summed E-state index contributed by atoms with van der Waals surface area (Å²) >= 11 is 0. The molecule has 0 unspecified atom stereocenters. The molecule has 0 radical (unpaired) electrons. The van der Waals surface area contributed by atoms with Gasteiger partial charge in [-0.3, -0.25) is 4.79 Å². The predicted octanol–water partition coefficient (Wildman–Crippen LogP) is 3.68. The van der Waals surface area contributed by atoms with E-state index >= 15 is 0 Å². The Morgan fingerprint density at radius 2 is 1.86 bits per heavy atom. The van der Waals surface area contributed by atoms with Crippen molar-refractivity contribution < 1.29 is 23.6 Å². The smallest absolute Gasteiger partial charge is 0.338 e. The fraction of sp³-hybridized carbons (Fsp3) is 0.136. The van der Waals surface area contributed by atoms with Crippen LogP contribution in [-0.4, -0.2) is 23.6 Å². The van der Waals surface area contributed by atoms with Gasteiger partial charge in [-0.05, 0) is 19.1 Å². The number of nitrogens with one attached hydrogen (secondary N) is 1. The van der Waals surface area contributed by atoms with E-state index in [4.69, 9.17) is 14.0 Å². The van der Waals surface area contributed by atoms with Crippen LogP contribution in [0.3, 0.4) is 0 Å². The van der Waals surface area contributed by atoms with Gasteiger partial charge in [-0.1, -0.05) is 53.7 Å². The molecule has 0 bridgehead atoms. The molecule has 29 heavy (non-hydrogen) atoms. The van der Waals surface area contributed by atoms with Crippen LogP contribution in [0, 0.1) is 6.92 Å². The Labute approximate surface area is 166 Å². The van der Waals surface area contributed by atoms with Crippen LogP contribution in [0.1, 0.15) is 23.0 Å². The molecule has 1 atom stereocenters. The lowest BCUT2D eigenvalue weighted by molar-refractivity contribution is -0.151. The van der Waals surface area contributed by atoms with Gasteiger partial charge in [0.05, 0.1) is 5.57 Å². The number of ether oxygens (including phenoxy) is 2. The molecule has 7 heteroatoms. The molecular weight excluding hydrogens is 372 g/mol. The number of anilines is 1. The number of hydrogen-bond donors (Lipinski definition) is 1. The van der Waals surface area contributed by atoms with Crippen molar-refractivity contribution in [2.75, 3.05) is 11.9 Å². The summed E-state index contributed by atoms with van der Waals surface area (Å²) in [4.78, 5) is 25.6. The van der Waals surface area contributed by atoms with Gasteiger partial charge in [0.15, 0.2) is 5.82 Å². The van der Waals surface area contributed by atoms with Crippen molar-refractivity contribution in [2.45, 2.75) is 13.0 Å². The first-order chi connectivity index (χ1) is 14.1. The number of amides is 1. The van der Waals surface area contributed by atoms with E-state index in [0.717, 1.165) is 5.56 Å². The Hall–Kier alpha value is -3.87. The maximum atomic E-state index is 12.8. The summed E-state index contributed by atoms with van der Waals surface area (Å²) in [6.45, 7) is 1.78. The maximum absolute atomic E-state index is 12.8. The second-order valence-electron chi connectivity index (χ2n) is 6.50. The van der Waals surface area contributed by atoms with Gasteiger partial charge in [0, 0.05) is 17.2 Å². The Morgan fingerprint density at radius 1 is 1.10 bits per heavy atom. The summed E-state index contributed by atoms with van der Waals surface area (Å²) in [7, 11) is 0. The van der Waals surface area contributed by atoms with Gasteiger partial charge in [0.25, 0.3) is 5.91 Å². The van der Waals surface area contributed by atoms with Crippen LogP contribution in [-0.2, 0) is 14.3 Å². The highest BCUT2D eigenvalue weighted by Crippen LogP contribution is 2.28. The Kier molecular flexibility index (Phi) is 5.11. The van der Waals surface area contributed by atoms with Gasteiger partial charge in [0.2, 0.25) is 6.10 Å². The molecule has 1 aliphatic heterocycles. The van der Waals surface area contributed by atoms with Crippen LogP contribution in [0.4, 0.5) is 5.82 Å². The Balaban J connectivity index is 1.56. The molecule has 0 spiro atoms. The molecule has 4 rings (SSSR count). The lowest BCUT2D eigenvalue weighted by Gasteiger charge is -2.20. The fourth-order valence-corrected chi connectivity index (χ4v) is 2.93. The summed E-state index contributed by atoms with van der Waals surface area (Å²) in [5, 5.41) is 6.36. The fourth-order valence-electron chi connectivity index (χ4n) is 2.93. The van der Waals surface area contributed by atoms with E-state index in [2.05, 4.69) is 10.5 Å². The van der Waals surface area contributed by atoms with E-state index < -0.39 is 18.0 Å². The topological polar surface area (TPSA) is 90.7 Å². The van der Waals surface area contributed by atoms with Gasteiger partial charge in [0.1, 0.15) is 18.1 Å². The van der Waals surface area contributed by atoms with Crippen LogP contribution < -0.4 is 10.1 Å². The molecule has 146 valence electrons. The normalized spacial score (nSPS) is 13.5. The van der Waals surface area contributed by atoms with Gasteiger partial charge in [-0.25, -0.2) is 4.79 Å². The molecule has 0 fully saturated rings. The van der Waals surface area contributed by atoms with Crippen molar-refractivity contribution in [1.29, 1.82) is 0 Å². The van der Waals surface area contributed by atoms with E-state index in [1.165, 1.54) is 0 Å². The number of rotatable bonds is 5. The third kappa shape index (κ3) is 4.19. The van der Waals surface area contributed by atoms with E-state index in [-0.39, 0.29) is 12.4 Å². The van der Waals surface area contributed by atoms with Crippen molar-refractivity contribution in [3.8, 4) is 5.75 Å². The Bertz CT molecular complexity index is 1070. The summed E-state index contributed by atoms with van der Waals surface area (Å²) in [5.41, 5.74) is 1.65. The molecule has 0 saturated carbocycles. The second kappa shape index (κ2) is 8.02. The molecular formula is C22H18N2O5. The van der Waals surface area contributed by atoms with Crippen LogP contribution >= 0.6 is 0 Å². The van der Waals surface area contributed by atoms with Crippen molar-refractivity contribution >= 4 is 23.8 Å².